The number of nitrogens with one attached hydrogen (secondary N) is 1. The van der Waals surface area contributed by atoms with Gasteiger partial charge in [-0.3, -0.25) is 4.79 Å². The third-order valence-electron chi connectivity index (χ3n) is 4.84. The maximum absolute atomic E-state index is 12.8. The van der Waals surface area contributed by atoms with E-state index in [9.17, 15) is 4.79 Å². The van der Waals surface area contributed by atoms with Crippen LogP contribution in [0, 0.1) is 13.8 Å². The molecule has 0 bridgehead atoms. The van der Waals surface area contributed by atoms with Crippen LogP contribution >= 0.6 is 11.6 Å². The van der Waals surface area contributed by atoms with Crippen molar-refractivity contribution in [3.8, 4) is 5.75 Å². The summed E-state index contributed by atoms with van der Waals surface area (Å²) in [6.45, 7) is 5.39. The number of hydrogen-bond acceptors (Lipinski definition) is 5. The maximum atomic E-state index is 12.8. The molecule has 1 N–H and O–H groups in total. The lowest BCUT2D eigenvalue weighted by molar-refractivity contribution is -0.130. The van der Waals surface area contributed by atoms with Crippen LogP contribution in [0.25, 0.3) is 0 Å². The van der Waals surface area contributed by atoms with E-state index in [1.165, 1.54) is 0 Å². The predicted octanol–water partition coefficient (Wildman–Crippen LogP) is 4.08. The van der Waals surface area contributed by atoms with Gasteiger partial charge < -0.3 is 14.6 Å². The van der Waals surface area contributed by atoms with Gasteiger partial charge in [0.05, 0.1) is 0 Å². The van der Waals surface area contributed by atoms with Crippen molar-refractivity contribution in [2.75, 3.05) is 0 Å². The Morgan fingerprint density at radius 1 is 1.31 bits per heavy atom. The first-order valence-electron chi connectivity index (χ1n) is 8.95. The summed E-state index contributed by atoms with van der Waals surface area (Å²) in [4.78, 5) is 17.2. The molecule has 1 aliphatic carbocycles. The van der Waals surface area contributed by atoms with E-state index in [2.05, 4.69) is 15.5 Å². The topological polar surface area (TPSA) is 77.2 Å². The first-order chi connectivity index (χ1) is 12.4. The molecule has 1 aromatic carbocycles. The molecule has 1 unspecified atom stereocenters. The largest absolute Gasteiger partial charge is 0.481 e. The van der Waals surface area contributed by atoms with Crippen molar-refractivity contribution in [3.63, 3.8) is 0 Å². The summed E-state index contributed by atoms with van der Waals surface area (Å²) < 4.78 is 11.0. The number of carbonyl (C=O) groups is 1. The van der Waals surface area contributed by atoms with Gasteiger partial charge in [0.25, 0.3) is 5.91 Å². The van der Waals surface area contributed by atoms with Gasteiger partial charge >= 0.3 is 0 Å². The zero-order chi connectivity index (χ0) is 18.7. The first-order valence-corrected chi connectivity index (χ1v) is 9.33. The molecule has 140 valence electrons. The molecule has 2 aromatic rings. The third kappa shape index (κ3) is 4.01. The second-order valence-corrected chi connectivity index (χ2v) is 7.38. The third-order valence-corrected chi connectivity index (χ3v) is 5.07. The molecule has 1 aliphatic rings. The summed E-state index contributed by atoms with van der Waals surface area (Å²) in [6.07, 6.45) is 4.11. The average molecular weight is 378 g/mol. The van der Waals surface area contributed by atoms with Gasteiger partial charge in [-0.1, -0.05) is 36.0 Å². The van der Waals surface area contributed by atoms with Gasteiger partial charge in [-0.25, -0.2) is 0 Å². The van der Waals surface area contributed by atoms with Crippen molar-refractivity contribution in [1.29, 1.82) is 0 Å². The normalized spacial score (nSPS) is 17.5. The Kier molecular flexibility index (Phi) is 5.51. The van der Waals surface area contributed by atoms with Crippen LogP contribution in [0.2, 0.25) is 5.02 Å². The number of nitrogens with zero attached hydrogens (tertiary/aromatic N) is 2. The minimum absolute atomic E-state index is 0.191. The summed E-state index contributed by atoms with van der Waals surface area (Å²) >= 11 is 5.98. The van der Waals surface area contributed by atoms with E-state index in [4.69, 9.17) is 20.9 Å². The van der Waals surface area contributed by atoms with Crippen molar-refractivity contribution < 1.29 is 14.1 Å². The SMILES string of the molecule is Cc1nc(C2(NC(=O)C(C)Oc3ccc(Cl)cc3C)CCCCC2)no1. The Hall–Kier alpha value is -2.08. The molecular formula is C19H24ClN3O3. The van der Waals surface area contributed by atoms with E-state index in [1.54, 1.807) is 26.0 Å². The average Bonchev–Trinajstić information content (AvgIpc) is 3.05. The van der Waals surface area contributed by atoms with Crippen molar-refractivity contribution in [2.24, 2.45) is 0 Å². The number of aryl methyl sites for hydroxylation is 2. The van der Waals surface area contributed by atoms with E-state index in [-0.39, 0.29) is 5.91 Å². The Bertz CT molecular complexity index is 784. The Balaban J connectivity index is 1.75. The van der Waals surface area contributed by atoms with E-state index < -0.39 is 11.6 Å². The van der Waals surface area contributed by atoms with Crippen LogP contribution in [0.4, 0.5) is 0 Å². The molecule has 3 rings (SSSR count). The van der Waals surface area contributed by atoms with Crippen LogP contribution in [0.3, 0.4) is 0 Å². The fourth-order valence-corrected chi connectivity index (χ4v) is 3.61. The summed E-state index contributed by atoms with van der Waals surface area (Å²) in [7, 11) is 0. The van der Waals surface area contributed by atoms with Crippen molar-refractivity contribution >= 4 is 17.5 Å². The van der Waals surface area contributed by atoms with Gasteiger partial charge in [-0.2, -0.15) is 4.98 Å². The number of rotatable bonds is 5. The van der Waals surface area contributed by atoms with Crippen LogP contribution in [0.5, 0.6) is 5.75 Å². The summed E-state index contributed by atoms with van der Waals surface area (Å²) in [6, 6.07) is 5.34. The molecule has 6 nitrogen and oxygen atoms in total. The van der Waals surface area contributed by atoms with Crippen LogP contribution in [0.1, 0.15) is 56.3 Å². The fraction of sp³-hybridized carbons (Fsp3) is 0.526. The standard InChI is InChI=1S/C19H24ClN3O3/c1-12-11-15(20)7-8-16(12)25-13(2)17(24)22-19(9-5-4-6-10-19)18-21-14(3)26-23-18/h7-8,11,13H,4-6,9-10H2,1-3H3,(H,22,24). The molecular weight excluding hydrogens is 354 g/mol. The molecule has 1 saturated carbocycles. The lowest BCUT2D eigenvalue weighted by atomic mass is 9.81. The van der Waals surface area contributed by atoms with Gasteiger partial charge in [0.15, 0.2) is 11.9 Å². The Morgan fingerprint density at radius 2 is 2.04 bits per heavy atom. The van der Waals surface area contributed by atoms with E-state index in [1.807, 2.05) is 13.0 Å². The highest BCUT2D eigenvalue weighted by Gasteiger charge is 2.40. The molecule has 26 heavy (non-hydrogen) atoms. The summed E-state index contributed by atoms with van der Waals surface area (Å²) in [5.74, 6) is 1.51. The Labute approximate surface area is 158 Å². The molecule has 1 heterocycles. The van der Waals surface area contributed by atoms with Crippen LogP contribution in [-0.2, 0) is 10.3 Å². The van der Waals surface area contributed by atoms with Crippen molar-refractivity contribution in [3.05, 3.63) is 40.5 Å². The first kappa shape index (κ1) is 18.7. The fourth-order valence-electron chi connectivity index (χ4n) is 3.38. The quantitative estimate of drug-likeness (QED) is 0.849. The number of halogens is 1. The number of amides is 1. The molecule has 1 fully saturated rings. The van der Waals surface area contributed by atoms with Crippen molar-refractivity contribution in [2.45, 2.75) is 64.5 Å². The smallest absolute Gasteiger partial charge is 0.261 e. The zero-order valence-electron chi connectivity index (χ0n) is 15.3. The van der Waals surface area contributed by atoms with Gasteiger partial charge in [-0.15, -0.1) is 0 Å². The van der Waals surface area contributed by atoms with Gasteiger partial charge in [-0.05, 0) is 50.5 Å². The van der Waals surface area contributed by atoms with Gasteiger partial charge in [0.2, 0.25) is 5.89 Å². The zero-order valence-corrected chi connectivity index (χ0v) is 16.1. The van der Waals surface area contributed by atoms with Crippen molar-refractivity contribution in [1.82, 2.24) is 15.5 Å². The molecule has 0 saturated heterocycles. The van der Waals surface area contributed by atoms with E-state index in [0.29, 0.717) is 22.5 Å². The molecule has 1 atom stereocenters. The minimum Gasteiger partial charge on any atom is -0.481 e. The molecule has 1 amide bonds. The number of aromatic nitrogens is 2. The highest BCUT2D eigenvalue weighted by molar-refractivity contribution is 6.30. The van der Waals surface area contributed by atoms with Gasteiger partial charge in [0.1, 0.15) is 11.3 Å². The number of carbonyl (C=O) groups excluding carboxylic acids is 1. The molecule has 1 aromatic heterocycles. The number of hydrogen-bond donors (Lipinski definition) is 1. The number of benzene rings is 1. The lowest BCUT2D eigenvalue weighted by Gasteiger charge is -2.36. The minimum atomic E-state index is -0.651. The Morgan fingerprint density at radius 3 is 2.65 bits per heavy atom. The monoisotopic (exact) mass is 377 g/mol. The molecule has 0 radical (unpaired) electrons. The molecule has 0 spiro atoms. The van der Waals surface area contributed by atoms with Crippen LogP contribution in [0.15, 0.2) is 22.7 Å². The maximum Gasteiger partial charge on any atom is 0.261 e. The second kappa shape index (κ2) is 7.66. The summed E-state index contributed by atoms with van der Waals surface area (Å²) in [5, 5.41) is 7.85. The van der Waals surface area contributed by atoms with Gasteiger partial charge in [0, 0.05) is 11.9 Å². The van der Waals surface area contributed by atoms with Crippen LogP contribution < -0.4 is 10.1 Å². The van der Waals surface area contributed by atoms with E-state index in [0.717, 1.165) is 37.7 Å². The highest BCUT2D eigenvalue weighted by Crippen LogP contribution is 2.36. The lowest BCUT2D eigenvalue weighted by Crippen LogP contribution is -2.51. The van der Waals surface area contributed by atoms with Crippen LogP contribution in [-0.4, -0.2) is 22.2 Å². The summed E-state index contributed by atoms with van der Waals surface area (Å²) in [5.41, 5.74) is 0.304. The molecule has 7 heteroatoms. The molecule has 0 aliphatic heterocycles. The highest BCUT2D eigenvalue weighted by atomic mass is 35.5. The second-order valence-electron chi connectivity index (χ2n) is 6.94. The predicted molar refractivity (Wildman–Crippen MR) is 98.2 cm³/mol. The number of ether oxygens (including phenoxy) is 1. The van der Waals surface area contributed by atoms with E-state index >= 15 is 0 Å².